The van der Waals surface area contributed by atoms with Crippen molar-refractivity contribution < 1.29 is 4.74 Å². The molecule has 1 fully saturated rings. The molecule has 0 unspecified atom stereocenters. The Labute approximate surface area is 119 Å². The van der Waals surface area contributed by atoms with Gasteiger partial charge < -0.3 is 10.1 Å². The molecule has 2 rings (SSSR count). The lowest BCUT2D eigenvalue weighted by molar-refractivity contribution is 0.305. The molecule has 0 atom stereocenters. The number of hydrogen-bond acceptors (Lipinski definition) is 2. The number of ether oxygens (including phenoxy) is 1. The second-order valence-electron chi connectivity index (χ2n) is 4.74. The SMILES string of the molecule is Clc1cc(Cl)cc(OCCCNC2CCCC2)c1. The summed E-state index contributed by atoms with van der Waals surface area (Å²) < 4.78 is 5.62. The molecule has 4 heteroatoms. The van der Waals surface area contributed by atoms with E-state index in [0.29, 0.717) is 16.7 Å². The number of hydrogen-bond donors (Lipinski definition) is 1. The highest BCUT2D eigenvalue weighted by Crippen LogP contribution is 2.24. The molecule has 1 saturated carbocycles. The molecule has 18 heavy (non-hydrogen) atoms. The van der Waals surface area contributed by atoms with Crippen LogP contribution in [0.15, 0.2) is 18.2 Å². The van der Waals surface area contributed by atoms with E-state index < -0.39 is 0 Å². The van der Waals surface area contributed by atoms with Crippen LogP contribution < -0.4 is 10.1 Å². The summed E-state index contributed by atoms with van der Waals surface area (Å²) in [5, 5.41) is 4.78. The third-order valence-corrected chi connectivity index (χ3v) is 3.65. The quantitative estimate of drug-likeness (QED) is 0.788. The molecule has 0 aliphatic heterocycles. The molecule has 0 spiro atoms. The van der Waals surface area contributed by atoms with Crippen LogP contribution in [-0.4, -0.2) is 19.2 Å². The smallest absolute Gasteiger partial charge is 0.122 e. The monoisotopic (exact) mass is 287 g/mol. The normalized spacial score (nSPS) is 16.1. The van der Waals surface area contributed by atoms with E-state index in [9.17, 15) is 0 Å². The summed E-state index contributed by atoms with van der Waals surface area (Å²) in [7, 11) is 0. The van der Waals surface area contributed by atoms with Crippen LogP contribution in [-0.2, 0) is 0 Å². The van der Waals surface area contributed by atoms with Crippen LogP contribution in [0.1, 0.15) is 32.1 Å². The van der Waals surface area contributed by atoms with Gasteiger partial charge in [0, 0.05) is 16.1 Å². The minimum Gasteiger partial charge on any atom is -0.493 e. The van der Waals surface area contributed by atoms with E-state index in [0.717, 1.165) is 24.8 Å². The second-order valence-corrected chi connectivity index (χ2v) is 5.62. The van der Waals surface area contributed by atoms with Gasteiger partial charge in [-0.3, -0.25) is 0 Å². The lowest BCUT2D eigenvalue weighted by Crippen LogP contribution is -2.27. The maximum absolute atomic E-state index is 5.90. The Morgan fingerprint density at radius 3 is 2.44 bits per heavy atom. The summed E-state index contributed by atoms with van der Waals surface area (Å²) in [6.07, 6.45) is 6.39. The van der Waals surface area contributed by atoms with Gasteiger partial charge in [0.15, 0.2) is 0 Å². The molecule has 1 aliphatic rings. The van der Waals surface area contributed by atoms with E-state index in [4.69, 9.17) is 27.9 Å². The van der Waals surface area contributed by atoms with Gasteiger partial charge in [0.2, 0.25) is 0 Å². The van der Waals surface area contributed by atoms with E-state index in [2.05, 4.69) is 5.32 Å². The average molecular weight is 288 g/mol. The predicted molar refractivity (Wildman–Crippen MR) is 76.8 cm³/mol. The number of nitrogens with one attached hydrogen (secondary N) is 1. The molecule has 0 aromatic heterocycles. The zero-order valence-electron chi connectivity index (χ0n) is 10.4. The van der Waals surface area contributed by atoms with Gasteiger partial charge in [0.05, 0.1) is 6.61 Å². The Hall–Kier alpha value is -0.440. The van der Waals surface area contributed by atoms with Crippen LogP contribution in [0.3, 0.4) is 0 Å². The van der Waals surface area contributed by atoms with Gasteiger partial charge in [-0.25, -0.2) is 0 Å². The Bertz CT molecular complexity index is 358. The number of halogens is 2. The second kappa shape index (κ2) is 7.22. The summed E-state index contributed by atoms with van der Waals surface area (Å²) in [5.74, 6) is 0.744. The molecule has 100 valence electrons. The highest BCUT2D eigenvalue weighted by molar-refractivity contribution is 6.34. The highest BCUT2D eigenvalue weighted by Gasteiger charge is 2.13. The molecule has 2 nitrogen and oxygen atoms in total. The molecule has 0 amide bonds. The Kier molecular flexibility index (Phi) is 5.61. The first-order chi connectivity index (χ1) is 8.74. The van der Waals surface area contributed by atoms with Crippen molar-refractivity contribution in [2.45, 2.75) is 38.1 Å². The number of benzene rings is 1. The zero-order valence-corrected chi connectivity index (χ0v) is 11.9. The van der Waals surface area contributed by atoms with Crippen molar-refractivity contribution in [1.29, 1.82) is 0 Å². The van der Waals surface area contributed by atoms with Gasteiger partial charge in [0.1, 0.15) is 5.75 Å². The maximum Gasteiger partial charge on any atom is 0.122 e. The van der Waals surface area contributed by atoms with Crippen molar-refractivity contribution in [2.75, 3.05) is 13.2 Å². The first kappa shape index (κ1) is 14.0. The van der Waals surface area contributed by atoms with E-state index in [1.807, 2.05) is 0 Å². The summed E-state index contributed by atoms with van der Waals surface area (Å²) in [4.78, 5) is 0. The Morgan fingerprint density at radius 1 is 1.11 bits per heavy atom. The van der Waals surface area contributed by atoms with Crippen molar-refractivity contribution in [1.82, 2.24) is 5.32 Å². The largest absolute Gasteiger partial charge is 0.493 e. The third-order valence-electron chi connectivity index (χ3n) is 3.21. The third kappa shape index (κ3) is 4.68. The summed E-state index contributed by atoms with van der Waals surface area (Å²) in [5.41, 5.74) is 0. The predicted octanol–water partition coefficient (Wildman–Crippen LogP) is 4.29. The fourth-order valence-electron chi connectivity index (χ4n) is 2.31. The maximum atomic E-state index is 5.90. The molecule has 0 heterocycles. The molecular weight excluding hydrogens is 269 g/mol. The molecule has 0 bridgehead atoms. The standard InChI is InChI=1S/C14H19Cl2NO/c15-11-8-12(16)10-14(9-11)18-7-3-6-17-13-4-1-2-5-13/h8-10,13,17H,1-7H2. The summed E-state index contributed by atoms with van der Waals surface area (Å²) >= 11 is 11.8. The number of rotatable bonds is 6. The van der Waals surface area contributed by atoms with Gasteiger partial charge in [-0.15, -0.1) is 0 Å². The summed E-state index contributed by atoms with van der Waals surface area (Å²) in [6.45, 7) is 1.70. The van der Waals surface area contributed by atoms with Crippen molar-refractivity contribution >= 4 is 23.2 Å². The lowest BCUT2D eigenvalue weighted by atomic mass is 10.2. The van der Waals surface area contributed by atoms with Crippen LogP contribution in [0.2, 0.25) is 10.0 Å². The average Bonchev–Trinajstić information content (AvgIpc) is 2.80. The van der Waals surface area contributed by atoms with Gasteiger partial charge in [-0.2, -0.15) is 0 Å². The summed E-state index contributed by atoms with van der Waals surface area (Å²) in [6, 6.07) is 6.01. The van der Waals surface area contributed by atoms with Crippen LogP contribution in [0.25, 0.3) is 0 Å². The molecule has 0 saturated heterocycles. The van der Waals surface area contributed by atoms with Gasteiger partial charge in [-0.1, -0.05) is 36.0 Å². The van der Waals surface area contributed by atoms with Crippen molar-refractivity contribution in [3.63, 3.8) is 0 Å². The molecule has 1 aromatic rings. The molecule has 1 N–H and O–H groups in total. The lowest BCUT2D eigenvalue weighted by Gasteiger charge is -2.12. The Balaban J connectivity index is 1.62. The van der Waals surface area contributed by atoms with Crippen LogP contribution >= 0.6 is 23.2 Å². The molecule has 1 aromatic carbocycles. The molecule has 0 radical (unpaired) electrons. The fourth-order valence-corrected chi connectivity index (χ4v) is 2.82. The van der Waals surface area contributed by atoms with E-state index in [1.54, 1.807) is 18.2 Å². The van der Waals surface area contributed by atoms with Crippen LogP contribution in [0.5, 0.6) is 5.75 Å². The van der Waals surface area contributed by atoms with Crippen molar-refractivity contribution in [2.24, 2.45) is 0 Å². The topological polar surface area (TPSA) is 21.3 Å². The van der Waals surface area contributed by atoms with Crippen LogP contribution in [0.4, 0.5) is 0 Å². The first-order valence-corrected chi connectivity index (χ1v) is 7.32. The van der Waals surface area contributed by atoms with Crippen LogP contribution in [0, 0.1) is 0 Å². The first-order valence-electron chi connectivity index (χ1n) is 6.56. The van der Waals surface area contributed by atoms with Gasteiger partial charge >= 0.3 is 0 Å². The zero-order chi connectivity index (χ0) is 12.8. The van der Waals surface area contributed by atoms with Crippen molar-refractivity contribution in [3.05, 3.63) is 28.2 Å². The fraction of sp³-hybridized carbons (Fsp3) is 0.571. The van der Waals surface area contributed by atoms with Gasteiger partial charge in [-0.05, 0) is 44.0 Å². The van der Waals surface area contributed by atoms with E-state index >= 15 is 0 Å². The highest BCUT2D eigenvalue weighted by atomic mass is 35.5. The van der Waals surface area contributed by atoms with E-state index in [-0.39, 0.29) is 0 Å². The van der Waals surface area contributed by atoms with E-state index in [1.165, 1.54) is 25.7 Å². The minimum atomic E-state index is 0.613. The minimum absolute atomic E-state index is 0.613. The molecular formula is C14H19Cl2NO. The van der Waals surface area contributed by atoms with Gasteiger partial charge in [0.25, 0.3) is 0 Å². The Morgan fingerprint density at radius 2 is 1.78 bits per heavy atom. The molecule has 1 aliphatic carbocycles. The van der Waals surface area contributed by atoms with Crippen molar-refractivity contribution in [3.8, 4) is 5.75 Å².